The highest BCUT2D eigenvalue weighted by Gasteiger charge is 2.23. The number of likely N-dealkylation sites (N-methyl/N-ethyl adjacent to an activating group) is 1. The topological polar surface area (TPSA) is 78.7 Å². The largest absolute Gasteiger partial charge is 0.486 e. The minimum atomic E-state index is -0.146. The number of ether oxygens (including phenoxy) is 2. The summed E-state index contributed by atoms with van der Waals surface area (Å²) in [4.78, 5) is 21.6. The van der Waals surface area contributed by atoms with E-state index in [2.05, 4.69) is 6.07 Å². The first-order valence-corrected chi connectivity index (χ1v) is 10.0. The first-order chi connectivity index (χ1) is 14.0. The van der Waals surface area contributed by atoms with Crippen molar-refractivity contribution in [3.63, 3.8) is 0 Å². The van der Waals surface area contributed by atoms with Crippen LogP contribution in [0, 0.1) is 11.3 Å². The van der Waals surface area contributed by atoms with Crippen molar-refractivity contribution in [2.24, 2.45) is 0 Å². The fraction of sp³-hybridized carbons (Fsp3) is 0.286. The molecule has 7 nitrogen and oxygen atoms in total. The summed E-state index contributed by atoms with van der Waals surface area (Å²) >= 11 is 1.45. The van der Waals surface area contributed by atoms with Crippen LogP contribution in [0.2, 0.25) is 0 Å². The quantitative estimate of drug-likeness (QED) is 0.645. The Morgan fingerprint density at radius 2 is 1.83 bits per heavy atom. The number of hydrogen-bond donors (Lipinski definition) is 0. The normalized spacial score (nSPS) is 12.8. The van der Waals surface area contributed by atoms with Gasteiger partial charge in [-0.1, -0.05) is 11.3 Å². The van der Waals surface area contributed by atoms with E-state index < -0.39 is 0 Å². The number of benzene rings is 2. The number of amides is 1. The number of hydrogen-bond acceptors (Lipinski definition) is 7. The highest BCUT2D eigenvalue weighted by Crippen LogP contribution is 2.39. The second-order valence-corrected chi connectivity index (χ2v) is 7.92. The molecule has 0 aliphatic carbocycles. The van der Waals surface area contributed by atoms with Gasteiger partial charge in [-0.3, -0.25) is 9.69 Å². The number of carbonyl (C=O) groups is 1. The van der Waals surface area contributed by atoms with E-state index in [0.717, 1.165) is 10.2 Å². The molecule has 1 aromatic heterocycles. The molecule has 0 saturated carbocycles. The van der Waals surface area contributed by atoms with Crippen molar-refractivity contribution >= 4 is 32.6 Å². The lowest BCUT2D eigenvalue weighted by atomic mass is 10.1. The maximum absolute atomic E-state index is 13.2. The molecular weight excluding hydrogens is 388 g/mol. The lowest BCUT2D eigenvalue weighted by molar-refractivity contribution is 0.0985. The molecule has 0 fully saturated rings. The third kappa shape index (κ3) is 4.01. The zero-order valence-corrected chi connectivity index (χ0v) is 17.0. The average molecular weight is 408 g/mol. The fourth-order valence-electron chi connectivity index (χ4n) is 3.00. The second-order valence-electron chi connectivity index (χ2n) is 6.91. The third-order valence-corrected chi connectivity index (χ3v) is 5.59. The number of nitrogens with zero attached hydrogens (tertiary/aromatic N) is 4. The summed E-state index contributed by atoms with van der Waals surface area (Å²) in [7, 11) is 3.93. The predicted octanol–water partition coefficient (Wildman–Crippen LogP) is 3.15. The van der Waals surface area contributed by atoms with Crippen LogP contribution in [0.5, 0.6) is 11.5 Å². The van der Waals surface area contributed by atoms with E-state index in [-0.39, 0.29) is 5.91 Å². The summed E-state index contributed by atoms with van der Waals surface area (Å²) < 4.78 is 12.2. The first kappa shape index (κ1) is 19.2. The maximum atomic E-state index is 13.2. The van der Waals surface area contributed by atoms with Crippen molar-refractivity contribution in [2.45, 2.75) is 0 Å². The first-order valence-electron chi connectivity index (χ1n) is 9.22. The van der Waals surface area contributed by atoms with Crippen molar-refractivity contribution < 1.29 is 14.3 Å². The highest BCUT2D eigenvalue weighted by molar-refractivity contribution is 7.22. The molecule has 0 radical (unpaired) electrons. The van der Waals surface area contributed by atoms with Gasteiger partial charge in [0, 0.05) is 30.8 Å². The Morgan fingerprint density at radius 3 is 2.48 bits per heavy atom. The average Bonchev–Trinajstić information content (AvgIpc) is 3.14. The van der Waals surface area contributed by atoms with E-state index in [9.17, 15) is 4.79 Å². The number of aromatic nitrogens is 1. The van der Waals surface area contributed by atoms with E-state index in [4.69, 9.17) is 19.7 Å². The fourth-order valence-corrected chi connectivity index (χ4v) is 4.00. The lowest BCUT2D eigenvalue weighted by Crippen LogP contribution is -2.36. The Kier molecular flexibility index (Phi) is 5.34. The minimum Gasteiger partial charge on any atom is -0.486 e. The molecule has 0 bridgehead atoms. The Morgan fingerprint density at radius 1 is 1.14 bits per heavy atom. The molecule has 4 rings (SSSR count). The summed E-state index contributed by atoms with van der Waals surface area (Å²) in [6.07, 6.45) is 0. The minimum absolute atomic E-state index is 0.146. The van der Waals surface area contributed by atoms with Crippen molar-refractivity contribution in [1.82, 2.24) is 9.88 Å². The third-order valence-electron chi connectivity index (χ3n) is 4.55. The van der Waals surface area contributed by atoms with Crippen LogP contribution >= 0.6 is 11.3 Å². The van der Waals surface area contributed by atoms with Crippen LogP contribution in [0.4, 0.5) is 5.13 Å². The Bertz CT molecular complexity index is 1040. The summed E-state index contributed by atoms with van der Waals surface area (Å²) in [6, 6.07) is 12.5. The van der Waals surface area contributed by atoms with Crippen LogP contribution in [0.3, 0.4) is 0 Å². The van der Waals surface area contributed by atoms with Gasteiger partial charge in [0.25, 0.3) is 5.91 Å². The number of fused-ring (bicyclic) bond motifs is 2. The SMILES string of the molecule is CN(C)CCN(C(=O)c1ccc(C#N)cc1)c1nc2cc3c(cc2s1)OCCO3. The highest BCUT2D eigenvalue weighted by atomic mass is 32.1. The lowest BCUT2D eigenvalue weighted by Gasteiger charge is -2.22. The summed E-state index contributed by atoms with van der Waals surface area (Å²) in [5.74, 6) is 1.24. The summed E-state index contributed by atoms with van der Waals surface area (Å²) in [6.45, 7) is 2.23. The van der Waals surface area contributed by atoms with Gasteiger partial charge in [-0.15, -0.1) is 0 Å². The molecule has 8 heteroatoms. The van der Waals surface area contributed by atoms with Gasteiger partial charge >= 0.3 is 0 Å². The standard InChI is InChI=1S/C21H20N4O3S/c1-24(2)7-8-25(20(26)15-5-3-14(13-22)4-6-15)21-23-16-11-17-18(12-19(16)29-21)28-10-9-27-17/h3-6,11-12H,7-10H2,1-2H3. The second kappa shape index (κ2) is 8.07. The molecule has 0 atom stereocenters. The van der Waals surface area contributed by atoms with Gasteiger partial charge < -0.3 is 14.4 Å². The van der Waals surface area contributed by atoms with Crippen molar-refractivity contribution in [3.05, 3.63) is 47.5 Å². The molecule has 0 spiro atoms. The number of thiazole rings is 1. The molecule has 0 saturated heterocycles. The van der Waals surface area contributed by atoms with E-state index in [0.29, 0.717) is 54.1 Å². The predicted molar refractivity (Wildman–Crippen MR) is 112 cm³/mol. The molecule has 148 valence electrons. The Hall–Kier alpha value is -3.15. The summed E-state index contributed by atoms with van der Waals surface area (Å²) in [5.41, 5.74) is 1.82. The zero-order valence-electron chi connectivity index (χ0n) is 16.2. The molecule has 0 unspecified atom stereocenters. The van der Waals surface area contributed by atoms with Gasteiger partial charge in [0.1, 0.15) is 13.2 Å². The van der Waals surface area contributed by atoms with E-state index in [1.807, 2.05) is 31.1 Å². The van der Waals surface area contributed by atoms with Gasteiger partial charge in [0.2, 0.25) is 0 Å². The van der Waals surface area contributed by atoms with Crippen LogP contribution in [-0.4, -0.2) is 56.2 Å². The monoisotopic (exact) mass is 408 g/mol. The molecule has 2 heterocycles. The number of rotatable bonds is 5. The summed E-state index contributed by atoms with van der Waals surface area (Å²) in [5, 5.41) is 9.61. The van der Waals surface area contributed by atoms with E-state index in [1.165, 1.54) is 11.3 Å². The van der Waals surface area contributed by atoms with Crippen molar-refractivity contribution in [2.75, 3.05) is 45.3 Å². The smallest absolute Gasteiger partial charge is 0.260 e. The molecule has 3 aromatic rings. The van der Waals surface area contributed by atoms with E-state index >= 15 is 0 Å². The van der Waals surface area contributed by atoms with Crippen LogP contribution in [0.1, 0.15) is 15.9 Å². The van der Waals surface area contributed by atoms with Crippen LogP contribution in [0.25, 0.3) is 10.2 Å². The maximum Gasteiger partial charge on any atom is 0.260 e. The van der Waals surface area contributed by atoms with Crippen molar-refractivity contribution in [3.8, 4) is 17.6 Å². The van der Waals surface area contributed by atoms with Crippen LogP contribution < -0.4 is 14.4 Å². The van der Waals surface area contributed by atoms with Gasteiger partial charge in [0.05, 0.1) is 21.8 Å². The molecule has 0 N–H and O–H groups in total. The van der Waals surface area contributed by atoms with Crippen molar-refractivity contribution in [1.29, 1.82) is 5.26 Å². The molecule has 29 heavy (non-hydrogen) atoms. The van der Waals surface area contributed by atoms with E-state index in [1.54, 1.807) is 29.2 Å². The van der Waals surface area contributed by atoms with Gasteiger partial charge in [-0.2, -0.15) is 5.26 Å². The Labute approximate surface area is 172 Å². The number of nitriles is 1. The molecule has 1 aliphatic rings. The zero-order chi connectivity index (χ0) is 20.4. The molecule has 1 aliphatic heterocycles. The van der Waals surface area contributed by atoms with Gasteiger partial charge in [-0.25, -0.2) is 4.98 Å². The molecule has 2 aromatic carbocycles. The molecule has 1 amide bonds. The number of anilines is 1. The van der Waals surface area contributed by atoms with Gasteiger partial charge in [-0.05, 0) is 38.4 Å². The van der Waals surface area contributed by atoms with Gasteiger partial charge in [0.15, 0.2) is 16.6 Å². The molecular formula is C21H20N4O3S. The van der Waals surface area contributed by atoms with Crippen LogP contribution in [0.15, 0.2) is 36.4 Å². The van der Waals surface area contributed by atoms with Crippen LogP contribution in [-0.2, 0) is 0 Å². The Balaban J connectivity index is 1.70. The number of carbonyl (C=O) groups excluding carboxylic acids is 1.